The third-order valence-electron chi connectivity index (χ3n) is 5.81. The van der Waals surface area contributed by atoms with Gasteiger partial charge in [0, 0.05) is 39.3 Å². The number of ether oxygens (including phenoxy) is 1. The van der Waals surface area contributed by atoms with Crippen molar-refractivity contribution in [3.05, 3.63) is 65.5 Å². The molecule has 1 fully saturated rings. The molecule has 1 atom stereocenters. The van der Waals surface area contributed by atoms with E-state index in [1.54, 1.807) is 12.1 Å². The second kappa shape index (κ2) is 10.4. The van der Waals surface area contributed by atoms with Gasteiger partial charge in [-0.3, -0.25) is 9.69 Å². The Bertz CT molecular complexity index is 894. The van der Waals surface area contributed by atoms with E-state index in [4.69, 9.17) is 0 Å². The first kappa shape index (κ1) is 22.7. The molecule has 1 aliphatic heterocycles. The molecule has 1 unspecified atom stereocenters. The molecule has 1 saturated heterocycles. The highest BCUT2D eigenvalue weighted by Crippen LogP contribution is 2.28. The van der Waals surface area contributed by atoms with Gasteiger partial charge in [-0.2, -0.15) is 0 Å². The number of benzene rings is 2. The predicted octanol–water partition coefficient (Wildman–Crippen LogP) is 3.34. The number of carbonyl (C=O) groups is 2. The number of methoxy groups -OCH3 is 1. The van der Waals surface area contributed by atoms with Crippen LogP contribution in [0, 0.1) is 5.82 Å². The summed E-state index contributed by atoms with van der Waals surface area (Å²) >= 11 is 0. The molecule has 3 rings (SSSR count). The molecule has 0 aromatic heterocycles. The van der Waals surface area contributed by atoms with Gasteiger partial charge < -0.3 is 14.5 Å². The van der Waals surface area contributed by atoms with Crippen LogP contribution in [0.15, 0.2) is 48.5 Å². The fourth-order valence-corrected chi connectivity index (χ4v) is 4.08. The van der Waals surface area contributed by atoms with Crippen molar-refractivity contribution in [2.75, 3.05) is 51.3 Å². The summed E-state index contributed by atoms with van der Waals surface area (Å²) in [7, 11) is 1.27. The molecular formula is C24H30FN3O3. The van der Waals surface area contributed by atoms with E-state index in [0.717, 1.165) is 5.56 Å². The Morgan fingerprint density at radius 1 is 1.03 bits per heavy atom. The van der Waals surface area contributed by atoms with Crippen LogP contribution in [0.4, 0.5) is 10.1 Å². The van der Waals surface area contributed by atoms with Gasteiger partial charge in [-0.1, -0.05) is 30.3 Å². The minimum atomic E-state index is -0.559. The number of nitrogens with zero attached hydrogens (tertiary/aromatic N) is 3. The van der Waals surface area contributed by atoms with E-state index in [1.807, 2.05) is 54.0 Å². The maximum atomic E-state index is 14.7. The second-order valence-electron chi connectivity index (χ2n) is 7.50. The van der Waals surface area contributed by atoms with E-state index in [-0.39, 0.29) is 17.5 Å². The minimum Gasteiger partial charge on any atom is -0.465 e. The van der Waals surface area contributed by atoms with Gasteiger partial charge >= 0.3 is 5.97 Å². The van der Waals surface area contributed by atoms with Gasteiger partial charge in [-0.15, -0.1) is 0 Å². The fourth-order valence-electron chi connectivity index (χ4n) is 4.08. The van der Waals surface area contributed by atoms with Gasteiger partial charge in [0.25, 0.3) is 0 Å². The van der Waals surface area contributed by atoms with Gasteiger partial charge in [0.1, 0.15) is 11.9 Å². The zero-order chi connectivity index (χ0) is 22.4. The van der Waals surface area contributed by atoms with E-state index in [0.29, 0.717) is 45.0 Å². The van der Waals surface area contributed by atoms with E-state index in [2.05, 4.69) is 9.64 Å². The van der Waals surface area contributed by atoms with Gasteiger partial charge in [-0.25, -0.2) is 9.18 Å². The normalized spacial score (nSPS) is 15.4. The number of likely N-dealkylation sites (N-methyl/N-ethyl adjacent to an activating group) is 1. The van der Waals surface area contributed by atoms with Crippen LogP contribution in [0.1, 0.15) is 35.8 Å². The topological polar surface area (TPSA) is 53.1 Å². The van der Waals surface area contributed by atoms with E-state index >= 15 is 0 Å². The molecule has 2 aromatic carbocycles. The number of carbonyl (C=O) groups excluding carboxylic acids is 2. The summed E-state index contributed by atoms with van der Waals surface area (Å²) in [6.07, 6.45) is 0. The summed E-state index contributed by atoms with van der Waals surface area (Å²) in [4.78, 5) is 30.9. The quantitative estimate of drug-likeness (QED) is 0.635. The summed E-state index contributed by atoms with van der Waals surface area (Å²) in [6, 6.07) is 13.9. The summed E-state index contributed by atoms with van der Waals surface area (Å²) < 4.78 is 19.3. The van der Waals surface area contributed by atoms with E-state index in [9.17, 15) is 14.0 Å². The highest BCUT2D eigenvalue weighted by atomic mass is 19.1. The lowest BCUT2D eigenvalue weighted by atomic mass is 10.0. The number of rotatable bonds is 7. The highest BCUT2D eigenvalue weighted by Gasteiger charge is 2.33. The maximum absolute atomic E-state index is 14.7. The van der Waals surface area contributed by atoms with Crippen molar-refractivity contribution < 1.29 is 18.7 Å². The number of piperazine rings is 1. The lowest BCUT2D eigenvalue weighted by Gasteiger charge is -2.41. The van der Waals surface area contributed by atoms with Crippen LogP contribution in [0.2, 0.25) is 0 Å². The molecular weight excluding hydrogens is 397 g/mol. The van der Waals surface area contributed by atoms with Crippen molar-refractivity contribution in [1.82, 2.24) is 9.80 Å². The molecule has 1 heterocycles. The molecule has 7 heteroatoms. The first-order valence-electron chi connectivity index (χ1n) is 10.7. The largest absolute Gasteiger partial charge is 0.465 e. The molecule has 166 valence electrons. The molecule has 1 amide bonds. The Labute approximate surface area is 183 Å². The van der Waals surface area contributed by atoms with Crippen LogP contribution in [0.25, 0.3) is 0 Å². The zero-order valence-corrected chi connectivity index (χ0v) is 18.4. The molecule has 0 spiro atoms. The first-order valence-corrected chi connectivity index (χ1v) is 10.7. The van der Waals surface area contributed by atoms with Gasteiger partial charge in [0.2, 0.25) is 5.91 Å². The number of anilines is 1. The second-order valence-corrected chi connectivity index (χ2v) is 7.50. The smallest absolute Gasteiger partial charge is 0.337 e. The van der Waals surface area contributed by atoms with Gasteiger partial charge in [0.15, 0.2) is 0 Å². The lowest BCUT2D eigenvalue weighted by Crippen LogP contribution is -2.52. The SMILES string of the molecule is CCN(CC)C(=O)C(c1ccccc1)N1CCN(c2ccc(C(=O)OC)cc2F)CC1. The molecule has 0 saturated carbocycles. The van der Waals surface area contributed by atoms with E-state index < -0.39 is 11.8 Å². The third-order valence-corrected chi connectivity index (χ3v) is 5.81. The summed E-state index contributed by atoms with van der Waals surface area (Å²) in [5, 5.41) is 0. The molecule has 0 bridgehead atoms. The molecule has 6 nitrogen and oxygen atoms in total. The number of halogens is 1. The molecule has 31 heavy (non-hydrogen) atoms. The Hall–Kier alpha value is -2.93. The van der Waals surface area contributed by atoms with E-state index in [1.165, 1.54) is 13.2 Å². The summed E-state index contributed by atoms with van der Waals surface area (Å²) in [5.41, 5.74) is 1.62. The van der Waals surface area contributed by atoms with Crippen molar-refractivity contribution in [1.29, 1.82) is 0 Å². The zero-order valence-electron chi connectivity index (χ0n) is 18.4. The van der Waals surface area contributed by atoms with Crippen molar-refractivity contribution in [2.45, 2.75) is 19.9 Å². The molecule has 0 aliphatic carbocycles. The van der Waals surface area contributed by atoms with Crippen LogP contribution < -0.4 is 4.90 Å². The average molecular weight is 428 g/mol. The molecule has 2 aromatic rings. The van der Waals surface area contributed by atoms with Crippen molar-refractivity contribution in [3.8, 4) is 0 Å². The number of hydrogen-bond donors (Lipinski definition) is 0. The van der Waals surface area contributed by atoms with Crippen LogP contribution in [-0.2, 0) is 9.53 Å². The first-order chi connectivity index (χ1) is 15.0. The number of esters is 1. The Kier molecular flexibility index (Phi) is 7.63. The summed E-state index contributed by atoms with van der Waals surface area (Å²) in [5.74, 6) is -0.913. The Balaban J connectivity index is 1.77. The lowest BCUT2D eigenvalue weighted by molar-refractivity contribution is -0.137. The average Bonchev–Trinajstić information content (AvgIpc) is 2.81. The fraction of sp³-hybridized carbons (Fsp3) is 0.417. The Morgan fingerprint density at radius 2 is 1.68 bits per heavy atom. The van der Waals surface area contributed by atoms with Gasteiger partial charge in [-0.05, 0) is 37.6 Å². The van der Waals surface area contributed by atoms with Crippen molar-refractivity contribution in [2.24, 2.45) is 0 Å². The highest BCUT2D eigenvalue weighted by molar-refractivity contribution is 5.89. The van der Waals surface area contributed by atoms with Crippen LogP contribution in [0.5, 0.6) is 0 Å². The van der Waals surface area contributed by atoms with Crippen molar-refractivity contribution >= 4 is 17.6 Å². The van der Waals surface area contributed by atoms with Crippen LogP contribution in [0.3, 0.4) is 0 Å². The molecule has 0 radical (unpaired) electrons. The van der Waals surface area contributed by atoms with Crippen LogP contribution in [-0.4, -0.2) is 68.1 Å². The monoisotopic (exact) mass is 427 g/mol. The predicted molar refractivity (Wildman–Crippen MR) is 119 cm³/mol. The summed E-state index contributed by atoms with van der Waals surface area (Å²) in [6.45, 7) is 7.74. The number of hydrogen-bond acceptors (Lipinski definition) is 5. The minimum absolute atomic E-state index is 0.0956. The van der Waals surface area contributed by atoms with Gasteiger partial charge in [0.05, 0.1) is 18.4 Å². The molecule has 0 N–H and O–H groups in total. The number of amides is 1. The Morgan fingerprint density at radius 3 is 2.23 bits per heavy atom. The maximum Gasteiger partial charge on any atom is 0.337 e. The van der Waals surface area contributed by atoms with Crippen LogP contribution >= 0.6 is 0 Å². The van der Waals surface area contributed by atoms with Crippen molar-refractivity contribution in [3.63, 3.8) is 0 Å². The third kappa shape index (κ3) is 5.05. The standard InChI is InChI=1S/C24H30FN3O3/c1-4-26(5-2)23(29)22(18-9-7-6-8-10-18)28-15-13-27(14-16-28)21-12-11-19(17-20(21)25)24(30)31-3/h6-12,17,22H,4-5,13-16H2,1-3H3. The molecule has 1 aliphatic rings.